The molecule has 0 aliphatic carbocycles. The molecule has 6 nitrogen and oxygen atoms in total. The molecular formula is C57H93NO5. The Kier molecular flexibility index (Phi) is 46.4. The molecule has 0 radical (unpaired) electrons. The van der Waals surface area contributed by atoms with Gasteiger partial charge in [0, 0.05) is 6.42 Å². The van der Waals surface area contributed by atoms with Crippen LogP contribution < -0.4 is 5.32 Å². The van der Waals surface area contributed by atoms with Crippen LogP contribution in [0.15, 0.2) is 122 Å². The lowest BCUT2D eigenvalue weighted by Gasteiger charge is -2.23. The monoisotopic (exact) mass is 872 g/mol. The summed E-state index contributed by atoms with van der Waals surface area (Å²) in [6, 6.07) is -0.761. The number of unbranched alkanes of at least 4 members (excludes halogenated alkanes) is 13. The van der Waals surface area contributed by atoms with Gasteiger partial charge in [-0.05, 0) is 96.0 Å². The molecule has 3 unspecified atom stereocenters. The van der Waals surface area contributed by atoms with Crippen molar-refractivity contribution < 1.29 is 24.5 Å². The van der Waals surface area contributed by atoms with Crippen LogP contribution in [0.2, 0.25) is 0 Å². The van der Waals surface area contributed by atoms with Crippen LogP contribution in [0.1, 0.15) is 201 Å². The first-order valence-corrected chi connectivity index (χ1v) is 25.3. The number of carbonyl (C=O) groups is 2. The molecule has 356 valence electrons. The fourth-order valence-electron chi connectivity index (χ4n) is 6.71. The Labute approximate surface area is 387 Å². The van der Waals surface area contributed by atoms with Gasteiger partial charge in [0.2, 0.25) is 5.91 Å². The fraction of sp³-hybridized carbons (Fsp3) is 0.614. The summed E-state index contributed by atoms with van der Waals surface area (Å²) in [5.41, 5.74) is 0. The number of amides is 1. The van der Waals surface area contributed by atoms with Crippen molar-refractivity contribution in [2.45, 2.75) is 219 Å². The summed E-state index contributed by atoms with van der Waals surface area (Å²) in [7, 11) is 0. The van der Waals surface area contributed by atoms with Crippen LogP contribution in [0, 0.1) is 0 Å². The van der Waals surface area contributed by atoms with Crippen LogP contribution in [-0.4, -0.2) is 46.9 Å². The van der Waals surface area contributed by atoms with E-state index in [2.05, 4.69) is 135 Å². The number of aliphatic hydroxyl groups excluding tert-OH is 2. The average Bonchev–Trinajstić information content (AvgIpc) is 3.28. The van der Waals surface area contributed by atoms with Crippen molar-refractivity contribution in [1.29, 1.82) is 0 Å². The first-order valence-electron chi connectivity index (χ1n) is 25.3. The Balaban J connectivity index is 4.90. The number of nitrogens with one attached hydrogen (secondary N) is 1. The zero-order valence-corrected chi connectivity index (χ0v) is 40.4. The summed E-state index contributed by atoms with van der Waals surface area (Å²) in [6.45, 7) is 6.26. The van der Waals surface area contributed by atoms with E-state index in [1.807, 2.05) is 6.08 Å². The van der Waals surface area contributed by atoms with Gasteiger partial charge in [0.15, 0.2) is 0 Å². The van der Waals surface area contributed by atoms with Gasteiger partial charge in [-0.1, -0.05) is 213 Å². The topological polar surface area (TPSA) is 95.9 Å². The molecule has 0 aliphatic rings. The van der Waals surface area contributed by atoms with Gasteiger partial charge < -0.3 is 20.3 Å². The van der Waals surface area contributed by atoms with E-state index in [0.717, 1.165) is 77.0 Å². The molecule has 0 saturated heterocycles. The molecule has 3 atom stereocenters. The van der Waals surface area contributed by atoms with Crippen LogP contribution >= 0.6 is 0 Å². The smallest absolute Gasteiger partial charge is 0.306 e. The van der Waals surface area contributed by atoms with Gasteiger partial charge >= 0.3 is 5.97 Å². The van der Waals surface area contributed by atoms with E-state index in [1.165, 1.54) is 70.6 Å². The number of hydrogen-bond donors (Lipinski definition) is 3. The van der Waals surface area contributed by atoms with Crippen LogP contribution in [0.4, 0.5) is 0 Å². The highest BCUT2D eigenvalue weighted by Gasteiger charge is 2.23. The highest BCUT2D eigenvalue weighted by Crippen LogP contribution is 2.14. The van der Waals surface area contributed by atoms with Gasteiger partial charge in [-0.2, -0.15) is 0 Å². The molecule has 0 saturated carbocycles. The van der Waals surface area contributed by atoms with Crippen molar-refractivity contribution in [2.24, 2.45) is 0 Å². The minimum atomic E-state index is -0.836. The number of hydrogen-bond acceptors (Lipinski definition) is 5. The zero-order chi connectivity index (χ0) is 45.9. The van der Waals surface area contributed by atoms with E-state index in [4.69, 9.17) is 4.74 Å². The van der Waals surface area contributed by atoms with Crippen LogP contribution in [0.5, 0.6) is 0 Å². The first-order chi connectivity index (χ1) is 31.0. The molecule has 0 spiro atoms. The van der Waals surface area contributed by atoms with E-state index in [9.17, 15) is 19.8 Å². The molecule has 3 N–H and O–H groups in total. The maximum absolute atomic E-state index is 13.1. The Hall–Kier alpha value is -3.74. The quantitative estimate of drug-likeness (QED) is 0.0322. The molecule has 0 bridgehead atoms. The van der Waals surface area contributed by atoms with E-state index < -0.39 is 18.2 Å². The highest BCUT2D eigenvalue weighted by atomic mass is 16.5. The number of esters is 1. The van der Waals surface area contributed by atoms with Gasteiger partial charge in [0.05, 0.1) is 25.2 Å². The minimum Gasteiger partial charge on any atom is -0.458 e. The third-order valence-corrected chi connectivity index (χ3v) is 10.5. The minimum absolute atomic E-state index is 0.0768. The van der Waals surface area contributed by atoms with Crippen molar-refractivity contribution in [1.82, 2.24) is 5.32 Å². The van der Waals surface area contributed by atoms with Crippen molar-refractivity contribution in [3.05, 3.63) is 122 Å². The van der Waals surface area contributed by atoms with Gasteiger partial charge in [0.1, 0.15) is 6.10 Å². The van der Waals surface area contributed by atoms with Crippen LogP contribution in [-0.2, 0) is 14.3 Å². The van der Waals surface area contributed by atoms with Crippen molar-refractivity contribution in [3.63, 3.8) is 0 Å². The lowest BCUT2D eigenvalue weighted by Crippen LogP contribution is -2.46. The molecule has 0 aliphatic heterocycles. The zero-order valence-electron chi connectivity index (χ0n) is 40.4. The molecule has 0 heterocycles. The summed E-state index contributed by atoms with van der Waals surface area (Å²) in [4.78, 5) is 26.0. The molecule has 6 heteroatoms. The van der Waals surface area contributed by atoms with Crippen molar-refractivity contribution in [2.75, 3.05) is 6.61 Å². The molecule has 0 aromatic rings. The predicted molar refractivity (Wildman–Crippen MR) is 273 cm³/mol. The van der Waals surface area contributed by atoms with Gasteiger partial charge in [-0.3, -0.25) is 9.59 Å². The lowest BCUT2D eigenvalue weighted by atomic mass is 10.0. The number of rotatable bonds is 43. The largest absolute Gasteiger partial charge is 0.458 e. The standard InChI is InChI=1S/C57H93NO5/c1-4-7-10-13-16-19-22-24-26-28-30-32-34-36-39-42-45-48-53(51-56(61)58-54(52-59)55(60)49-46-43-40-37-21-18-15-12-9-6-3)63-57(62)50-47-44-41-38-35-33-31-29-27-25-23-20-17-14-11-8-5-2/h7,10,16-17,19-20,24-27,30-33,36,38-39,41,45,48,53-55,59-60H,4-6,8-9,11-15,18,21-23,28-29,34-35,37,40,42-44,46-47,49-52H2,1-3H3,(H,58,61)/b10-7-,19-16-,20-17-,26-24-,27-25-,32-30-,33-31-,39-36-,41-38-,48-45-. The van der Waals surface area contributed by atoms with E-state index in [0.29, 0.717) is 19.3 Å². The van der Waals surface area contributed by atoms with Crippen LogP contribution in [0.25, 0.3) is 0 Å². The fourth-order valence-corrected chi connectivity index (χ4v) is 6.71. The third-order valence-electron chi connectivity index (χ3n) is 10.5. The van der Waals surface area contributed by atoms with E-state index in [-0.39, 0.29) is 31.3 Å². The number of ether oxygens (including phenoxy) is 1. The molecular weight excluding hydrogens is 779 g/mol. The van der Waals surface area contributed by atoms with Crippen molar-refractivity contribution >= 4 is 11.9 Å². The first kappa shape index (κ1) is 59.3. The highest BCUT2D eigenvalue weighted by molar-refractivity contribution is 5.78. The number of aliphatic hydroxyl groups is 2. The average molecular weight is 872 g/mol. The maximum atomic E-state index is 13.1. The molecule has 0 rings (SSSR count). The number of allylic oxidation sites excluding steroid dienone is 19. The van der Waals surface area contributed by atoms with Gasteiger partial charge in [-0.25, -0.2) is 0 Å². The van der Waals surface area contributed by atoms with Crippen LogP contribution in [0.3, 0.4) is 0 Å². The maximum Gasteiger partial charge on any atom is 0.306 e. The molecule has 63 heavy (non-hydrogen) atoms. The van der Waals surface area contributed by atoms with E-state index in [1.54, 1.807) is 6.08 Å². The predicted octanol–water partition coefficient (Wildman–Crippen LogP) is 15.3. The molecule has 0 aromatic heterocycles. The summed E-state index contributed by atoms with van der Waals surface area (Å²) in [6.07, 6.45) is 68.6. The Morgan fingerprint density at radius 1 is 0.492 bits per heavy atom. The Morgan fingerprint density at radius 2 is 0.889 bits per heavy atom. The summed E-state index contributed by atoms with van der Waals surface area (Å²) in [5.74, 6) is -0.711. The Bertz CT molecular complexity index is 1350. The molecule has 0 aromatic carbocycles. The summed E-state index contributed by atoms with van der Waals surface area (Å²) >= 11 is 0. The third kappa shape index (κ3) is 44.7. The lowest BCUT2D eigenvalue weighted by molar-refractivity contribution is -0.148. The second-order valence-electron chi connectivity index (χ2n) is 16.5. The molecule has 0 fully saturated rings. The second kappa shape index (κ2) is 49.3. The SMILES string of the molecule is CC/C=C\C/C=C\C/C=C\C/C=C\C/C=C\C/C=C\C(CC(=O)NC(CO)C(O)CCCCCCCCCCCC)OC(=O)CCC/C=C\C/C=C\C/C=C\C/C=C\CCCCC. The second-order valence-corrected chi connectivity index (χ2v) is 16.5. The van der Waals surface area contributed by atoms with Gasteiger partial charge in [-0.15, -0.1) is 0 Å². The van der Waals surface area contributed by atoms with E-state index >= 15 is 0 Å². The Morgan fingerprint density at radius 3 is 1.35 bits per heavy atom. The van der Waals surface area contributed by atoms with Gasteiger partial charge in [0.25, 0.3) is 0 Å². The summed E-state index contributed by atoms with van der Waals surface area (Å²) < 4.78 is 5.79. The number of carbonyl (C=O) groups excluding carboxylic acids is 2. The summed E-state index contributed by atoms with van der Waals surface area (Å²) in [5, 5.41) is 23.6. The normalized spacial score (nSPS) is 14.3. The van der Waals surface area contributed by atoms with Crippen molar-refractivity contribution in [3.8, 4) is 0 Å². The molecule has 1 amide bonds.